The van der Waals surface area contributed by atoms with Crippen LogP contribution in [0, 0.1) is 11.3 Å². The second kappa shape index (κ2) is 4.18. The van der Waals surface area contributed by atoms with E-state index < -0.39 is 0 Å². The summed E-state index contributed by atoms with van der Waals surface area (Å²) in [6, 6.07) is 0. The van der Waals surface area contributed by atoms with Crippen LogP contribution in [0.3, 0.4) is 0 Å². The van der Waals surface area contributed by atoms with Gasteiger partial charge in [0.05, 0.1) is 0 Å². The molecule has 0 fully saturated rings. The van der Waals surface area contributed by atoms with Crippen LogP contribution in [-0.2, 0) is 4.79 Å². The Hall–Kier alpha value is -1.11. The summed E-state index contributed by atoms with van der Waals surface area (Å²) in [5.74, 6) is 0.557. The van der Waals surface area contributed by atoms with Crippen molar-refractivity contribution in [1.29, 1.82) is 0 Å². The summed E-state index contributed by atoms with van der Waals surface area (Å²) in [6.07, 6.45) is 7.71. The molecule has 0 aromatic rings. The second-order valence-electron chi connectivity index (χ2n) is 4.79. The molecular weight excluding hydrogens is 184 g/mol. The van der Waals surface area contributed by atoms with Crippen molar-refractivity contribution in [3.8, 4) is 0 Å². The number of hydrogen-bond donors (Lipinski definition) is 0. The van der Waals surface area contributed by atoms with Gasteiger partial charge in [0.25, 0.3) is 0 Å². The first-order valence-corrected chi connectivity index (χ1v) is 5.47. The number of rotatable bonds is 2. The van der Waals surface area contributed by atoms with Crippen LogP contribution >= 0.6 is 0 Å². The van der Waals surface area contributed by atoms with Crippen LogP contribution in [0.5, 0.6) is 0 Å². The quantitative estimate of drug-likeness (QED) is 0.627. The Kier molecular flexibility index (Phi) is 3.33. The molecule has 0 aliphatic heterocycles. The lowest BCUT2D eigenvalue weighted by molar-refractivity contribution is -0.112. The highest BCUT2D eigenvalue weighted by Crippen LogP contribution is 2.41. The van der Waals surface area contributed by atoms with Crippen LogP contribution < -0.4 is 0 Å². The van der Waals surface area contributed by atoms with Crippen LogP contribution in [0.15, 0.2) is 35.5 Å². The molecule has 1 unspecified atom stereocenters. The van der Waals surface area contributed by atoms with Crippen LogP contribution in [0.2, 0.25) is 0 Å². The summed E-state index contributed by atoms with van der Waals surface area (Å²) in [5.41, 5.74) is 1.99. The summed E-state index contributed by atoms with van der Waals surface area (Å²) < 4.78 is 0. The maximum atomic E-state index is 12.0. The van der Waals surface area contributed by atoms with Crippen molar-refractivity contribution < 1.29 is 4.79 Å². The minimum Gasteiger partial charge on any atom is -0.290 e. The maximum Gasteiger partial charge on any atom is 0.182 e. The van der Waals surface area contributed by atoms with Crippen molar-refractivity contribution in [3.63, 3.8) is 0 Å². The summed E-state index contributed by atoms with van der Waals surface area (Å²) in [4.78, 5) is 12.0. The molecule has 0 aromatic heterocycles. The molecule has 1 rings (SSSR count). The standard InChI is InChI=1S/C14H20O/c1-6-7-12(15)13-10(2)8-9-11(3)14(13,4)5/h6-9,11H,1-5H3/b7-6+. The second-order valence-corrected chi connectivity index (χ2v) is 4.79. The van der Waals surface area contributed by atoms with Gasteiger partial charge in [0.2, 0.25) is 0 Å². The van der Waals surface area contributed by atoms with Crippen LogP contribution in [-0.4, -0.2) is 5.78 Å². The molecule has 0 spiro atoms. The van der Waals surface area contributed by atoms with Gasteiger partial charge in [-0.25, -0.2) is 0 Å². The van der Waals surface area contributed by atoms with Gasteiger partial charge in [0.15, 0.2) is 5.78 Å². The summed E-state index contributed by atoms with van der Waals surface area (Å²) >= 11 is 0. The lowest BCUT2D eigenvalue weighted by Crippen LogP contribution is -2.30. The highest BCUT2D eigenvalue weighted by molar-refractivity contribution is 6.06. The summed E-state index contributed by atoms with van der Waals surface area (Å²) in [6.45, 7) is 10.3. The van der Waals surface area contributed by atoms with Gasteiger partial charge < -0.3 is 0 Å². The molecule has 0 saturated carbocycles. The van der Waals surface area contributed by atoms with E-state index in [2.05, 4.69) is 32.9 Å². The van der Waals surface area contributed by atoms with E-state index in [0.717, 1.165) is 11.1 Å². The Bertz CT molecular complexity index is 354. The largest absolute Gasteiger partial charge is 0.290 e. The first-order valence-electron chi connectivity index (χ1n) is 5.47. The van der Waals surface area contributed by atoms with Crippen molar-refractivity contribution in [2.24, 2.45) is 11.3 Å². The highest BCUT2D eigenvalue weighted by Gasteiger charge is 2.34. The molecule has 0 saturated heterocycles. The van der Waals surface area contributed by atoms with Gasteiger partial charge in [-0.05, 0) is 36.8 Å². The van der Waals surface area contributed by atoms with E-state index in [1.807, 2.05) is 19.9 Å². The topological polar surface area (TPSA) is 17.1 Å². The molecule has 1 nitrogen and oxygen atoms in total. The third-order valence-corrected chi connectivity index (χ3v) is 3.38. The maximum absolute atomic E-state index is 12.0. The first kappa shape index (κ1) is 12.0. The monoisotopic (exact) mass is 204 g/mol. The molecule has 82 valence electrons. The van der Waals surface area contributed by atoms with Crippen molar-refractivity contribution in [2.45, 2.75) is 34.6 Å². The highest BCUT2D eigenvalue weighted by atomic mass is 16.1. The molecule has 0 N–H and O–H groups in total. The Morgan fingerprint density at radius 1 is 1.47 bits per heavy atom. The third-order valence-electron chi connectivity index (χ3n) is 3.38. The Balaban J connectivity index is 3.22. The zero-order valence-corrected chi connectivity index (χ0v) is 10.3. The van der Waals surface area contributed by atoms with Gasteiger partial charge >= 0.3 is 0 Å². The molecule has 0 bridgehead atoms. The summed E-state index contributed by atoms with van der Waals surface area (Å²) in [5, 5.41) is 0. The van der Waals surface area contributed by atoms with E-state index in [9.17, 15) is 4.79 Å². The number of ketones is 1. The average molecular weight is 204 g/mol. The predicted molar refractivity (Wildman–Crippen MR) is 64.6 cm³/mol. The van der Waals surface area contributed by atoms with Gasteiger partial charge in [0.1, 0.15) is 0 Å². The van der Waals surface area contributed by atoms with E-state index >= 15 is 0 Å². The van der Waals surface area contributed by atoms with Gasteiger partial charge in [-0.15, -0.1) is 0 Å². The van der Waals surface area contributed by atoms with Gasteiger partial charge in [-0.2, -0.15) is 0 Å². The third kappa shape index (κ3) is 2.11. The molecule has 15 heavy (non-hydrogen) atoms. The lowest BCUT2D eigenvalue weighted by atomic mass is 9.68. The lowest BCUT2D eigenvalue weighted by Gasteiger charge is -2.35. The van der Waals surface area contributed by atoms with Crippen molar-refractivity contribution >= 4 is 5.78 Å². The molecule has 0 heterocycles. The smallest absolute Gasteiger partial charge is 0.182 e. The fourth-order valence-corrected chi connectivity index (χ4v) is 2.09. The van der Waals surface area contributed by atoms with Gasteiger partial charge in [0, 0.05) is 5.57 Å². The Morgan fingerprint density at radius 2 is 2.07 bits per heavy atom. The minimum atomic E-state index is -0.0601. The average Bonchev–Trinajstić information content (AvgIpc) is 2.12. The fraction of sp³-hybridized carbons (Fsp3) is 0.500. The molecule has 1 atom stereocenters. The molecule has 1 aliphatic carbocycles. The van der Waals surface area contributed by atoms with Crippen molar-refractivity contribution in [3.05, 3.63) is 35.5 Å². The van der Waals surface area contributed by atoms with Crippen LogP contribution in [0.4, 0.5) is 0 Å². The van der Waals surface area contributed by atoms with Crippen molar-refractivity contribution in [2.75, 3.05) is 0 Å². The molecule has 1 heteroatoms. The molecular formula is C14H20O. The number of hydrogen-bond acceptors (Lipinski definition) is 1. The fourth-order valence-electron chi connectivity index (χ4n) is 2.09. The molecule has 1 aliphatic rings. The normalized spacial score (nSPS) is 25.0. The number of allylic oxidation sites excluding steroid dienone is 6. The SMILES string of the molecule is C/C=C/C(=O)C1=C(C)C=CC(C)C1(C)C. The minimum absolute atomic E-state index is 0.0601. The van der Waals surface area contributed by atoms with E-state index in [-0.39, 0.29) is 11.2 Å². The predicted octanol–water partition coefficient (Wildman–Crippen LogP) is 3.68. The summed E-state index contributed by atoms with van der Waals surface area (Å²) in [7, 11) is 0. The number of carbonyl (C=O) groups excluding carboxylic acids is 1. The van der Waals surface area contributed by atoms with Gasteiger partial charge in [-0.3, -0.25) is 4.79 Å². The van der Waals surface area contributed by atoms with Crippen LogP contribution in [0.1, 0.15) is 34.6 Å². The Morgan fingerprint density at radius 3 is 2.60 bits per heavy atom. The zero-order valence-electron chi connectivity index (χ0n) is 10.3. The molecule has 0 radical (unpaired) electrons. The van der Waals surface area contributed by atoms with E-state index in [1.54, 1.807) is 6.08 Å². The first-order chi connectivity index (χ1) is 6.91. The molecule has 0 amide bonds. The number of carbonyl (C=O) groups is 1. The van der Waals surface area contributed by atoms with E-state index in [1.165, 1.54) is 0 Å². The van der Waals surface area contributed by atoms with E-state index in [4.69, 9.17) is 0 Å². The van der Waals surface area contributed by atoms with Crippen molar-refractivity contribution in [1.82, 2.24) is 0 Å². The van der Waals surface area contributed by atoms with E-state index in [0.29, 0.717) is 5.92 Å². The van der Waals surface area contributed by atoms with Crippen LogP contribution in [0.25, 0.3) is 0 Å². The Labute approximate surface area is 92.6 Å². The molecule has 0 aromatic carbocycles. The zero-order chi connectivity index (χ0) is 11.6. The van der Waals surface area contributed by atoms with Gasteiger partial charge in [-0.1, -0.05) is 39.0 Å².